The van der Waals surface area contributed by atoms with Crippen LogP contribution in [0.2, 0.25) is 0 Å². The number of halogens is 2. The standard InChI is InChI=1S/C28H31F2N3O4S2/c29-23-14-17(15-24(23)30)13-22(18-1-4-20(5-2-18)39(35,36)21-6-7-21)27(34)32-28-31-25-8-3-19(16-26(25)38-28)33-9-11-37-12-10-33/h1-5,8,16-17,21-24H,6-7,9-15H2,(H,31,32,34)/t17-,22-,23+,24-/m1/s1. The highest BCUT2D eigenvalue weighted by molar-refractivity contribution is 7.92. The van der Waals surface area contributed by atoms with Gasteiger partial charge in [-0.15, -0.1) is 0 Å². The van der Waals surface area contributed by atoms with Crippen molar-refractivity contribution in [3.8, 4) is 0 Å². The Morgan fingerprint density at radius 2 is 1.77 bits per heavy atom. The monoisotopic (exact) mass is 575 g/mol. The van der Waals surface area contributed by atoms with Crippen molar-refractivity contribution in [1.82, 2.24) is 4.98 Å². The Labute approximate surface area is 230 Å². The summed E-state index contributed by atoms with van der Waals surface area (Å²) in [5.41, 5.74) is 2.47. The third kappa shape index (κ3) is 5.67. The number of carbonyl (C=O) groups is 1. The van der Waals surface area contributed by atoms with Gasteiger partial charge in [-0.25, -0.2) is 22.2 Å². The Hall–Kier alpha value is -2.63. The summed E-state index contributed by atoms with van der Waals surface area (Å²) in [7, 11) is -3.36. The van der Waals surface area contributed by atoms with Crippen molar-refractivity contribution in [1.29, 1.82) is 0 Å². The fourth-order valence-corrected chi connectivity index (χ4v) is 8.15. The van der Waals surface area contributed by atoms with Gasteiger partial charge in [0.05, 0.1) is 39.5 Å². The molecular formula is C28H31F2N3O4S2. The molecule has 2 saturated carbocycles. The van der Waals surface area contributed by atoms with Crippen LogP contribution in [0, 0.1) is 5.92 Å². The molecule has 2 heterocycles. The number of hydrogen-bond donors (Lipinski definition) is 1. The van der Waals surface area contributed by atoms with Crippen LogP contribution in [0.1, 0.15) is 43.6 Å². The van der Waals surface area contributed by atoms with Crippen LogP contribution in [0.25, 0.3) is 10.2 Å². The maximum absolute atomic E-state index is 14.0. The lowest BCUT2D eigenvalue weighted by molar-refractivity contribution is -0.118. The molecule has 39 heavy (non-hydrogen) atoms. The number of nitrogens with one attached hydrogen (secondary N) is 1. The molecule has 6 rings (SSSR count). The number of fused-ring (bicyclic) bond motifs is 1. The molecule has 7 nitrogen and oxygen atoms in total. The van der Waals surface area contributed by atoms with Crippen LogP contribution in [-0.4, -0.2) is 63.2 Å². The van der Waals surface area contributed by atoms with Crippen molar-refractivity contribution >= 4 is 48.1 Å². The number of anilines is 2. The smallest absolute Gasteiger partial charge is 0.233 e. The van der Waals surface area contributed by atoms with E-state index < -0.39 is 28.1 Å². The Kier molecular flexibility index (Phi) is 7.32. The number of benzene rings is 2. The fraction of sp³-hybridized carbons (Fsp3) is 0.500. The third-order valence-corrected chi connectivity index (χ3v) is 11.2. The van der Waals surface area contributed by atoms with E-state index in [-0.39, 0.29) is 41.2 Å². The quantitative estimate of drug-likeness (QED) is 0.394. The molecule has 1 aromatic heterocycles. The Bertz CT molecular complexity index is 1440. The zero-order valence-electron chi connectivity index (χ0n) is 21.4. The molecule has 3 fully saturated rings. The topological polar surface area (TPSA) is 88.6 Å². The van der Waals surface area contributed by atoms with Crippen LogP contribution < -0.4 is 10.2 Å². The molecule has 4 atom stereocenters. The van der Waals surface area contributed by atoms with Crippen LogP contribution >= 0.6 is 11.3 Å². The van der Waals surface area contributed by atoms with Crippen LogP contribution in [0.15, 0.2) is 47.4 Å². The molecular weight excluding hydrogens is 544 g/mol. The largest absolute Gasteiger partial charge is 0.378 e. The average molecular weight is 576 g/mol. The van der Waals surface area contributed by atoms with E-state index in [1.54, 1.807) is 24.3 Å². The minimum atomic E-state index is -3.36. The number of morpholine rings is 1. The zero-order valence-corrected chi connectivity index (χ0v) is 23.0. The first kappa shape index (κ1) is 26.6. The van der Waals surface area contributed by atoms with Gasteiger partial charge in [0.1, 0.15) is 12.3 Å². The van der Waals surface area contributed by atoms with Gasteiger partial charge in [0.2, 0.25) is 5.91 Å². The Morgan fingerprint density at radius 3 is 2.44 bits per heavy atom. The van der Waals surface area contributed by atoms with Crippen molar-refractivity contribution < 1.29 is 26.7 Å². The van der Waals surface area contributed by atoms with Gasteiger partial charge >= 0.3 is 0 Å². The molecule has 208 valence electrons. The van der Waals surface area contributed by atoms with Gasteiger partial charge in [0, 0.05) is 18.8 Å². The van der Waals surface area contributed by atoms with Crippen molar-refractivity contribution in [2.24, 2.45) is 5.92 Å². The van der Waals surface area contributed by atoms with Gasteiger partial charge < -0.3 is 15.0 Å². The summed E-state index contributed by atoms with van der Waals surface area (Å²) in [6, 6.07) is 12.4. The second-order valence-electron chi connectivity index (χ2n) is 10.7. The summed E-state index contributed by atoms with van der Waals surface area (Å²) < 4.78 is 59.6. The van der Waals surface area contributed by atoms with Crippen LogP contribution in [-0.2, 0) is 19.4 Å². The van der Waals surface area contributed by atoms with Crippen molar-refractivity contribution in [2.45, 2.75) is 60.5 Å². The average Bonchev–Trinajstić information content (AvgIpc) is 3.66. The van der Waals surface area contributed by atoms with E-state index in [0.29, 0.717) is 36.8 Å². The molecule has 1 aliphatic heterocycles. The molecule has 1 N–H and O–H groups in total. The number of alkyl halides is 2. The molecule has 0 bridgehead atoms. The SMILES string of the molecule is O=C(Nc1nc2ccc(N3CCOCC3)cc2s1)[C@H](C[C@H]1C[C@@H](F)[C@@H](F)C1)c1ccc(S(=O)(=O)C2CC2)cc1. The maximum atomic E-state index is 14.0. The van der Waals surface area contributed by atoms with Gasteiger partial charge in [-0.3, -0.25) is 4.79 Å². The van der Waals surface area contributed by atoms with E-state index in [4.69, 9.17) is 4.74 Å². The molecule has 0 spiro atoms. The second-order valence-corrected chi connectivity index (χ2v) is 14.0. The van der Waals surface area contributed by atoms with Crippen molar-refractivity contribution in [3.63, 3.8) is 0 Å². The van der Waals surface area contributed by atoms with E-state index in [2.05, 4.69) is 21.3 Å². The van der Waals surface area contributed by atoms with E-state index in [1.807, 2.05) is 12.1 Å². The lowest BCUT2D eigenvalue weighted by atomic mass is 9.87. The first-order chi connectivity index (χ1) is 18.8. The highest BCUT2D eigenvalue weighted by Crippen LogP contribution is 2.39. The van der Waals surface area contributed by atoms with Crippen molar-refractivity contribution in [3.05, 3.63) is 48.0 Å². The molecule has 3 aliphatic rings. The number of aromatic nitrogens is 1. The van der Waals surface area contributed by atoms with E-state index in [0.717, 1.165) is 29.0 Å². The number of amides is 1. The maximum Gasteiger partial charge on any atom is 0.233 e. The van der Waals surface area contributed by atoms with Gasteiger partial charge in [0.25, 0.3) is 0 Å². The summed E-state index contributed by atoms with van der Waals surface area (Å²) in [6.45, 7) is 3.00. The predicted octanol–water partition coefficient (Wildman–Crippen LogP) is 5.27. The van der Waals surface area contributed by atoms with Gasteiger partial charge in [-0.2, -0.15) is 0 Å². The normalized spacial score (nSPS) is 24.7. The second kappa shape index (κ2) is 10.7. The number of hydrogen-bond acceptors (Lipinski definition) is 7. The van der Waals surface area contributed by atoms with Gasteiger partial charge in [0.15, 0.2) is 15.0 Å². The van der Waals surface area contributed by atoms with Gasteiger partial charge in [-0.1, -0.05) is 23.5 Å². The van der Waals surface area contributed by atoms with Crippen LogP contribution in [0.4, 0.5) is 19.6 Å². The molecule has 0 unspecified atom stereocenters. The minimum absolute atomic E-state index is 0.0740. The highest BCUT2D eigenvalue weighted by atomic mass is 32.2. The Balaban J connectivity index is 1.23. The summed E-state index contributed by atoms with van der Waals surface area (Å²) in [6.07, 6.45) is -1.28. The molecule has 0 radical (unpaired) electrons. The highest BCUT2D eigenvalue weighted by Gasteiger charge is 2.39. The number of thiazole rings is 1. The summed E-state index contributed by atoms with van der Waals surface area (Å²) in [4.78, 5) is 20.7. The number of ether oxygens (including phenoxy) is 1. The molecule has 1 saturated heterocycles. The lowest BCUT2D eigenvalue weighted by Gasteiger charge is -2.28. The summed E-state index contributed by atoms with van der Waals surface area (Å²) in [5, 5.41) is 3.05. The molecule has 2 aliphatic carbocycles. The van der Waals surface area contributed by atoms with E-state index >= 15 is 0 Å². The zero-order chi connectivity index (χ0) is 27.1. The number of sulfone groups is 1. The molecule has 1 amide bonds. The third-order valence-electron chi connectivity index (χ3n) is 7.95. The predicted molar refractivity (Wildman–Crippen MR) is 148 cm³/mol. The van der Waals surface area contributed by atoms with Crippen molar-refractivity contribution in [2.75, 3.05) is 36.5 Å². The van der Waals surface area contributed by atoms with E-state index in [9.17, 15) is 22.0 Å². The number of nitrogens with zero attached hydrogens (tertiary/aromatic N) is 2. The molecule has 2 aromatic carbocycles. The Morgan fingerprint density at radius 1 is 1.08 bits per heavy atom. The molecule has 11 heteroatoms. The number of carbonyl (C=O) groups excluding carboxylic acids is 1. The fourth-order valence-electron chi connectivity index (χ4n) is 5.59. The first-order valence-electron chi connectivity index (χ1n) is 13.4. The minimum Gasteiger partial charge on any atom is -0.378 e. The summed E-state index contributed by atoms with van der Waals surface area (Å²) in [5.74, 6) is -1.30. The first-order valence-corrected chi connectivity index (χ1v) is 15.8. The lowest BCUT2D eigenvalue weighted by Crippen LogP contribution is -2.36. The number of rotatable bonds is 8. The van der Waals surface area contributed by atoms with Crippen LogP contribution in [0.3, 0.4) is 0 Å². The van der Waals surface area contributed by atoms with E-state index in [1.165, 1.54) is 11.3 Å². The van der Waals surface area contributed by atoms with Gasteiger partial charge in [-0.05, 0) is 73.9 Å². The van der Waals surface area contributed by atoms with Crippen LogP contribution in [0.5, 0.6) is 0 Å². The molecule has 3 aromatic rings. The summed E-state index contributed by atoms with van der Waals surface area (Å²) >= 11 is 1.38.